The summed E-state index contributed by atoms with van der Waals surface area (Å²) in [6, 6.07) is 0. The minimum absolute atomic E-state index is 0.0421. The number of Topliss-reactive ketones (excluding diaryl/α,β-unsaturated/α-hetero) is 1. The molecule has 9 heteroatoms. The molecule has 9 atom stereocenters. The quantitative estimate of drug-likeness (QED) is 0.335. The summed E-state index contributed by atoms with van der Waals surface area (Å²) in [5.74, 6) is -2.29. The van der Waals surface area contributed by atoms with Crippen molar-refractivity contribution < 1.29 is 43.2 Å². The maximum Gasteiger partial charge on any atom is 0.339 e. The van der Waals surface area contributed by atoms with E-state index in [0.717, 1.165) is 6.08 Å². The number of carbonyl (C=O) groups is 4. The Hall–Kier alpha value is -2.52. The van der Waals surface area contributed by atoms with Crippen LogP contribution in [0.2, 0.25) is 0 Å². The lowest BCUT2D eigenvalue weighted by Crippen LogP contribution is -2.72. The van der Waals surface area contributed by atoms with Gasteiger partial charge < -0.3 is 24.1 Å². The molecule has 3 unspecified atom stereocenters. The molecule has 4 aliphatic heterocycles. The summed E-state index contributed by atoms with van der Waals surface area (Å²) in [5.41, 5.74) is -4.40. The molecule has 6 rings (SSSR count). The zero-order chi connectivity index (χ0) is 25.3. The molecule has 2 aliphatic carbocycles. The molecule has 0 aromatic carbocycles. The van der Waals surface area contributed by atoms with Crippen molar-refractivity contribution in [3.8, 4) is 0 Å². The van der Waals surface area contributed by atoms with Crippen molar-refractivity contribution in [2.75, 3.05) is 0 Å². The van der Waals surface area contributed by atoms with Gasteiger partial charge in [-0.25, -0.2) is 14.4 Å². The SMILES string of the molecule is CC1(C)OC(=O)C=C[C@]2(C)[C@H]3CC[C@@]4(C)C(C5=CC(=O)OC5O)OC(=O)C5O[C@]54[C@]3(C)C(=O)C[C@@H]12. The van der Waals surface area contributed by atoms with E-state index in [1.807, 2.05) is 33.8 Å². The average molecular weight is 487 g/mol. The molecule has 35 heavy (non-hydrogen) atoms. The molecule has 0 bridgehead atoms. The lowest BCUT2D eigenvalue weighted by Gasteiger charge is -2.65. The summed E-state index contributed by atoms with van der Waals surface area (Å²) in [7, 11) is 0. The number of esters is 3. The fourth-order valence-electron chi connectivity index (χ4n) is 8.69. The summed E-state index contributed by atoms with van der Waals surface area (Å²) in [4.78, 5) is 51.5. The average Bonchev–Trinajstić information content (AvgIpc) is 3.47. The standard InChI is InChI=1S/C26H30O9/c1-22(2)14-11-15(27)25(5)13(23(14,3)8-7-16(28)34-22)6-9-24(4)18(12-10-17(29)32-20(12)30)33-21(31)19-26(24,25)35-19/h7-8,10,13-14,18-20,30H,6,9,11H2,1-5H3/t13-,14+,18?,19?,20?,23-,24+,25+,26-/m1/s1. The topological polar surface area (TPSA) is 129 Å². The fraction of sp³-hybridized carbons (Fsp3) is 0.692. The van der Waals surface area contributed by atoms with Crippen LogP contribution in [0.3, 0.4) is 0 Å². The van der Waals surface area contributed by atoms with Crippen LogP contribution in [0.1, 0.15) is 53.9 Å². The minimum Gasteiger partial charge on any atom is -0.456 e. The zero-order valence-electron chi connectivity index (χ0n) is 20.5. The summed E-state index contributed by atoms with van der Waals surface area (Å²) in [6.45, 7) is 9.54. The molecule has 4 heterocycles. The van der Waals surface area contributed by atoms with Gasteiger partial charge in [-0.2, -0.15) is 0 Å². The summed E-state index contributed by atoms with van der Waals surface area (Å²) in [6.07, 6.45) is 2.35. The molecule has 0 aromatic rings. The Morgan fingerprint density at radius 1 is 0.943 bits per heavy atom. The largest absolute Gasteiger partial charge is 0.456 e. The Kier molecular flexibility index (Phi) is 4.20. The van der Waals surface area contributed by atoms with Gasteiger partial charge in [-0.15, -0.1) is 0 Å². The van der Waals surface area contributed by atoms with Crippen molar-refractivity contribution >= 4 is 23.7 Å². The number of hydrogen-bond acceptors (Lipinski definition) is 9. The van der Waals surface area contributed by atoms with Crippen molar-refractivity contribution in [1.82, 2.24) is 0 Å². The van der Waals surface area contributed by atoms with Crippen LogP contribution in [0.25, 0.3) is 0 Å². The van der Waals surface area contributed by atoms with E-state index in [1.54, 1.807) is 0 Å². The fourth-order valence-corrected chi connectivity index (χ4v) is 8.69. The van der Waals surface area contributed by atoms with Crippen LogP contribution in [0.15, 0.2) is 23.8 Å². The van der Waals surface area contributed by atoms with Crippen LogP contribution >= 0.6 is 0 Å². The first-order valence-electron chi connectivity index (χ1n) is 12.2. The van der Waals surface area contributed by atoms with Gasteiger partial charge in [-0.1, -0.05) is 19.9 Å². The van der Waals surface area contributed by atoms with Gasteiger partial charge in [0.25, 0.3) is 0 Å². The highest BCUT2D eigenvalue weighted by Gasteiger charge is 2.88. The molecule has 9 nitrogen and oxygen atoms in total. The molecule has 1 spiro atoms. The highest BCUT2D eigenvalue weighted by Crippen LogP contribution is 2.77. The molecule has 0 aromatic heterocycles. The van der Waals surface area contributed by atoms with Crippen molar-refractivity contribution in [1.29, 1.82) is 0 Å². The second-order valence-electron chi connectivity index (χ2n) is 12.1. The number of carbonyl (C=O) groups excluding carboxylic acids is 4. The molecular formula is C26H30O9. The number of ether oxygens (including phenoxy) is 4. The van der Waals surface area contributed by atoms with E-state index < -0.39 is 63.9 Å². The Bertz CT molecular complexity index is 1150. The Labute approximate surface area is 202 Å². The normalized spacial score (nSPS) is 51.5. The summed E-state index contributed by atoms with van der Waals surface area (Å²) in [5, 5.41) is 10.4. The Morgan fingerprint density at radius 2 is 1.66 bits per heavy atom. The third-order valence-electron chi connectivity index (χ3n) is 10.3. The number of aliphatic hydroxyl groups excluding tert-OH is 1. The van der Waals surface area contributed by atoms with Crippen molar-refractivity contribution in [3.05, 3.63) is 23.8 Å². The van der Waals surface area contributed by atoms with Gasteiger partial charge in [0, 0.05) is 35.5 Å². The van der Waals surface area contributed by atoms with Gasteiger partial charge in [0.2, 0.25) is 6.29 Å². The molecule has 1 N–H and O–H groups in total. The highest BCUT2D eigenvalue weighted by molar-refractivity contribution is 5.94. The first kappa shape index (κ1) is 22.9. The minimum atomic E-state index is -1.52. The van der Waals surface area contributed by atoms with E-state index in [9.17, 15) is 24.3 Å². The summed E-state index contributed by atoms with van der Waals surface area (Å²) >= 11 is 0. The number of allylic oxidation sites excluding steroid dienone is 1. The van der Waals surface area contributed by atoms with E-state index in [2.05, 4.69) is 6.92 Å². The highest BCUT2D eigenvalue weighted by atomic mass is 16.7. The molecule has 0 radical (unpaired) electrons. The van der Waals surface area contributed by atoms with Crippen molar-refractivity contribution in [2.24, 2.45) is 28.1 Å². The maximum atomic E-state index is 14.2. The molecule has 2 saturated carbocycles. The zero-order valence-corrected chi connectivity index (χ0v) is 20.5. The monoisotopic (exact) mass is 486 g/mol. The number of fused-ring (bicyclic) bond motifs is 3. The second kappa shape index (κ2) is 6.42. The molecule has 0 amide bonds. The first-order chi connectivity index (χ1) is 16.2. The third-order valence-corrected chi connectivity index (χ3v) is 10.3. The van der Waals surface area contributed by atoms with Gasteiger partial charge in [0.1, 0.15) is 23.1 Å². The van der Waals surface area contributed by atoms with Crippen molar-refractivity contribution in [3.63, 3.8) is 0 Å². The second-order valence-corrected chi connectivity index (χ2v) is 12.1. The van der Waals surface area contributed by atoms with E-state index in [4.69, 9.17) is 18.9 Å². The molecule has 4 fully saturated rings. The summed E-state index contributed by atoms with van der Waals surface area (Å²) < 4.78 is 22.6. The number of aliphatic hydroxyl groups is 1. The van der Waals surface area contributed by atoms with Crippen molar-refractivity contribution in [2.45, 2.75) is 83.6 Å². The Morgan fingerprint density at radius 3 is 2.31 bits per heavy atom. The predicted molar refractivity (Wildman–Crippen MR) is 117 cm³/mol. The molecule has 188 valence electrons. The Balaban J connectivity index is 1.51. The first-order valence-corrected chi connectivity index (χ1v) is 12.2. The number of cyclic esters (lactones) is 3. The number of hydrogen-bond donors (Lipinski definition) is 1. The van der Waals surface area contributed by atoms with E-state index in [1.165, 1.54) is 6.08 Å². The van der Waals surface area contributed by atoms with Gasteiger partial charge >= 0.3 is 17.9 Å². The van der Waals surface area contributed by atoms with Gasteiger partial charge in [0.15, 0.2) is 6.10 Å². The van der Waals surface area contributed by atoms with E-state index in [-0.39, 0.29) is 29.6 Å². The van der Waals surface area contributed by atoms with Crippen LogP contribution in [0, 0.1) is 28.1 Å². The van der Waals surface area contributed by atoms with Gasteiger partial charge in [-0.05, 0) is 44.9 Å². The smallest absolute Gasteiger partial charge is 0.339 e. The number of epoxide rings is 1. The van der Waals surface area contributed by atoms with Crippen LogP contribution < -0.4 is 0 Å². The van der Waals surface area contributed by atoms with Crippen LogP contribution in [-0.2, 0) is 38.1 Å². The van der Waals surface area contributed by atoms with Crippen LogP contribution in [-0.4, -0.2) is 58.5 Å². The lowest BCUT2D eigenvalue weighted by atomic mass is 9.37. The van der Waals surface area contributed by atoms with Crippen LogP contribution in [0.5, 0.6) is 0 Å². The van der Waals surface area contributed by atoms with Gasteiger partial charge in [-0.3, -0.25) is 4.79 Å². The third kappa shape index (κ3) is 2.46. The van der Waals surface area contributed by atoms with Crippen LogP contribution in [0.4, 0.5) is 0 Å². The molecule has 2 saturated heterocycles. The molecular weight excluding hydrogens is 456 g/mol. The number of rotatable bonds is 1. The molecule has 6 aliphatic rings. The maximum absolute atomic E-state index is 14.2. The lowest BCUT2D eigenvalue weighted by molar-refractivity contribution is -0.212. The van der Waals surface area contributed by atoms with E-state index >= 15 is 0 Å². The predicted octanol–water partition coefficient (Wildman–Crippen LogP) is 1.76. The van der Waals surface area contributed by atoms with Gasteiger partial charge in [0.05, 0.1) is 5.41 Å². The van der Waals surface area contributed by atoms with E-state index in [0.29, 0.717) is 12.8 Å². The number of ketones is 1.